The van der Waals surface area contributed by atoms with Gasteiger partial charge in [0.15, 0.2) is 0 Å². The number of anilines is 1. The van der Waals surface area contributed by atoms with E-state index in [0.717, 1.165) is 41.9 Å². The molecule has 9 heteroatoms. The molecule has 0 aliphatic rings. The van der Waals surface area contributed by atoms with Crippen LogP contribution in [-0.2, 0) is 28.9 Å². The van der Waals surface area contributed by atoms with Crippen molar-refractivity contribution in [2.45, 2.75) is 45.3 Å². The van der Waals surface area contributed by atoms with Gasteiger partial charge in [-0.05, 0) is 61.4 Å². The fourth-order valence-electron chi connectivity index (χ4n) is 3.50. The summed E-state index contributed by atoms with van der Waals surface area (Å²) in [7, 11) is 2.43. The van der Waals surface area contributed by atoms with E-state index in [-0.39, 0.29) is 11.3 Å². The van der Waals surface area contributed by atoms with Crippen molar-refractivity contribution < 1.29 is 27.9 Å². The largest absolute Gasteiger partial charge is 0.486 e. The van der Waals surface area contributed by atoms with Crippen molar-refractivity contribution in [3.05, 3.63) is 58.8 Å². The van der Waals surface area contributed by atoms with Gasteiger partial charge in [-0.3, -0.25) is 14.5 Å². The molecule has 0 aliphatic carbocycles. The molecular formula is C23H28F3N3O3. The number of aliphatic carboxylic acids is 1. The second kappa shape index (κ2) is 11.0. The summed E-state index contributed by atoms with van der Waals surface area (Å²) < 4.78 is 38.7. The lowest BCUT2D eigenvalue weighted by Crippen LogP contribution is -2.44. The summed E-state index contributed by atoms with van der Waals surface area (Å²) in [6, 6.07) is 11.4. The number of hydrogen-bond acceptors (Lipinski definition) is 4. The van der Waals surface area contributed by atoms with Crippen LogP contribution in [0.2, 0.25) is 0 Å². The van der Waals surface area contributed by atoms with Gasteiger partial charge in [0.25, 0.3) is 0 Å². The van der Waals surface area contributed by atoms with Gasteiger partial charge in [-0.25, -0.2) is 4.98 Å². The highest BCUT2D eigenvalue weighted by Gasteiger charge is 2.41. The van der Waals surface area contributed by atoms with Crippen molar-refractivity contribution in [2.24, 2.45) is 5.92 Å². The number of nitrogens with one attached hydrogen (secondary N) is 1. The molecule has 0 fully saturated rings. The molecule has 0 radical (unpaired) electrons. The van der Waals surface area contributed by atoms with Crippen molar-refractivity contribution >= 4 is 17.7 Å². The van der Waals surface area contributed by atoms with Crippen LogP contribution in [0.4, 0.5) is 19.0 Å². The molecule has 2 N–H and O–H groups in total. The van der Waals surface area contributed by atoms with E-state index in [0.29, 0.717) is 12.6 Å². The summed E-state index contributed by atoms with van der Waals surface area (Å²) in [4.78, 5) is 27.5. The lowest BCUT2D eigenvalue weighted by Gasteiger charge is -2.25. The van der Waals surface area contributed by atoms with E-state index in [1.807, 2.05) is 44.3 Å². The Balaban J connectivity index is 2.04. The maximum absolute atomic E-state index is 12.9. The van der Waals surface area contributed by atoms with Crippen LogP contribution in [0.25, 0.3) is 0 Å². The van der Waals surface area contributed by atoms with E-state index < -0.39 is 30.5 Å². The molecule has 2 rings (SSSR count). The number of carboxylic acids is 1. The van der Waals surface area contributed by atoms with E-state index in [2.05, 4.69) is 10.3 Å². The van der Waals surface area contributed by atoms with Gasteiger partial charge in [0.2, 0.25) is 5.91 Å². The number of pyridine rings is 1. The van der Waals surface area contributed by atoms with E-state index in [1.165, 1.54) is 0 Å². The molecule has 0 bridgehead atoms. The molecule has 0 saturated carbocycles. The molecule has 2 aromatic rings. The zero-order valence-electron chi connectivity index (χ0n) is 18.4. The molecular weight excluding hydrogens is 423 g/mol. The summed E-state index contributed by atoms with van der Waals surface area (Å²) >= 11 is 0. The molecule has 6 nitrogen and oxygen atoms in total. The van der Waals surface area contributed by atoms with Crippen molar-refractivity contribution in [3.63, 3.8) is 0 Å². The first-order chi connectivity index (χ1) is 15.0. The highest BCUT2D eigenvalue weighted by Crippen LogP contribution is 2.25. The average molecular weight is 451 g/mol. The molecule has 1 aromatic heterocycles. The summed E-state index contributed by atoms with van der Waals surface area (Å²) in [6.07, 6.45) is -3.13. The number of aromatic nitrogens is 1. The normalized spacial score (nSPS) is 12.3. The topological polar surface area (TPSA) is 82.5 Å². The third-order valence-corrected chi connectivity index (χ3v) is 5.32. The first-order valence-electron chi connectivity index (χ1n) is 10.3. The van der Waals surface area contributed by atoms with Crippen LogP contribution in [0.3, 0.4) is 0 Å². The van der Waals surface area contributed by atoms with E-state index in [9.17, 15) is 22.8 Å². The van der Waals surface area contributed by atoms with Gasteiger partial charge in [0, 0.05) is 19.8 Å². The molecule has 0 spiro atoms. The molecule has 0 aliphatic heterocycles. The van der Waals surface area contributed by atoms with Gasteiger partial charge >= 0.3 is 12.3 Å². The summed E-state index contributed by atoms with van der Waals surface area (Å²) in [5.74, 6) is -3.05. The first-order valence-corrected chi connectivity index (χ1v) is 10.3. The van der Waals surface area contributed by atoms with Crippen LogP contribution < -0.4 is 5.32 Å². The summed E-state index contributed by atoms with van der Waals surface area (Å²) in [5.41, 5.74) is 3.52. The second-order valence-corrected chi connectivity index (χ2v) is 7.74. The lowest BCUT2D eigenvalue weighted by molar-refractivity contribution is -0.235. The van der Waals surface area contributed by atoms with Crippen molar-refractivity contribution in [2.75, 3.05) is 19.4 Å². The number of amides is 1. The molecule has 1 heterocycles. The first kappa shape index (κ1) is 25.2. The SMILES string of the molecule is CNc1cccc(CCCc2ccc(CC(CC(=O)O)C(=O)N(C)C(F)(F)F)c(C)c2)n1. The van der Waals surface area contributed by atoms with Crippen molar-refractivity contribution in [1.82, 2.24) is 9.88 Å². The van der Waals surface area contributed by atoms with Crippen LogP contribution in [-0.4, -0.2) is 47.3 Å². The highest BCUT2D eigenvalue weighted by molar-refractivity contribution is 5.83. The molecule has 1 unspecified atom stereocenters. The van der Waals surface area contributed by atoms with E-state index in [1.54, 1.807) is 6.07 Å². The van der Waals surface area contributed by atoms with E-state index in [4.69, 9.17) is 5.11 Å². The van der Waals surface area contributed by atoms with Crippen LogP contribution in [0.15, 0.2) is 36.4 Å². The van der Waals surface area contributed by atoms with Gasteiger partial charge in [-0.1, -0.05) is 24.3 Å². The van der Waals surface area contributed by atoms with E-state index >= 15 is 0 Å². The quantitative estimate of drug-likeness (QED) is 0.529. The minimum absolute atomic E-state index is 0.0710. The Labute approximate surface area is 185 Å². The number of nitrogens with zero attached hydrogens (tertiary/aromatic N) is 2. The Morgan fingerprint density at radius 1 is 1.19 bits per heavy atom. The van der Waals surface area contributed by atoms with Gasteiger partial charge in [0.1, 0.15) is 5.82 Å². The number of carboxylic acid groups (broad SMARTS) is 1. The van der Waals surface area contributed by atoms with Gasteiger partial charge in [-0.2, -0.15) is 0 Å². The maximum Gasteiger partial charge on any atom is 0.486 e. The minimum atomic E-state index is -4.85. The monoisotopic (exact) mass is 451 g/mol. The van der Waals surface area contributed by atoms with Crippen molar-refractivity contribution in [1.29, 1.82) is 0 Å². The third kappa shape index (κ3) is 7.25. The summed E-state index contributed by atoms with van der Waals surface area (Å²) in [5, 5.41) is 12.1. The Hall–Kier alpha value is -3.10. The van der Waals surface area contributed by atoms with Gasteiger partial charge in [0.05, 0.1) is 12.3 Å². The Bertz CT molecular complexity index is 948. The smallest absolute Gasteiger partial charge is 0.481 e. The summed E-state index contributed by atoms with van der Waals surface area (Å²) in [6.45, 7) is 1.81. The van der Waals surface area contributed by atoms with Crippen LogP contribution in [0.1, 0.15) is 35.2 Å². The number of rotatable bonds is 10. The Morgan fingerprint density at radius 3 is 2.50 bits per heavy atom. The molecule has 174 valence electrons. The number of halogens is 3. The molecule has 32 heavy (non-hydrogen) atoms. The van der Waals surface area contributed by atoms with Gasteiger partial charge in [-0.15, -0.1) is 13.2 Å². The van der Waals surface area contributed by atoms with Crippen LogP contribution in [0, 0.1) is 12.8 Å². The molecule has 0 saturated heterocycles. The number of alkyl halides is 3. The predicted octanol–water partition coefficient (Wildman–Crippen LogP) is 4.22. The number of benzene rings is 1. The second-order valence-electron chi connectivity index (χ2n) is 7.74. The Kier molecular flexibility index (Phi) is 8.63. The zero-order chi connectivity index (χ0) is 23.9. The van der Waals surface area contributed by atoms with Crippen LogP contribution >= 0.6 is 0 Å². The number of aryl methyl sites for hydroxylation is 3. The standard InChI is InChI=1S/C23H28F3N3O3/c1-15-12-16(6-4-7-19-8-5-9-20(27-2)28-19)10-11-17(15)13-18(14-21(30)31)22(32)29(3)23(24,25)26/h5,8-12,18H,4,6-7,13-14H2,1-3H3,(H,27,28)(H,30,31). The predicted molar refractivity (Wildman–Crippen MR) is 115 cm³/mol. The van der Waals surface area contributed by atoms with Gasteiger partial charge < -0.3 is 10.4 Å². The molecule has 1 atom stereocenters. The Morgan fingerprint density at radius 2 is 1.91 bits per heavy atom. The van der Waals surface area contributed by atoms with Crippen LogP contribution in [0.5, 0.6) is 0 Å². The average Bonchev–Trinajstić information content (AvgIpc) is 2.73. The van der Waals surface area contributed by atoms with Crippen molar-refractivity contribution in [3.8, 4) is 0 Å². The third-order valence-electron chi connectivity index (χ3n) is 5.32. The zero-order valence-corrected chi connectivity index (χ0v) is 18.4. The number of hydrogen-bond donors (Lipinski definition) is 2. The molecule has 1 aromatic carbocycles. The molecule has 1 amide bonds. The number of carbonyl (C=O) groups excluding carboxylic acids is 1. The minimum Gasteiger partial charge on any atom is -0.481 e. The lowest BCUT2D eigenvalue weighted by atomic mass is 9.91. The maximum atomic E-state index is 12.9. The number of carbonyl (C=O) groups is 2. The fraction of sp³-hybridized carbons (Fsp3) is 0.435. The fourth-order valence-corrected chi connectivity index (χ4v) is 3.50. The highest BCUT2D eigenvalue weighted by atomic mass is 19.4.